The zero-order valence-corrected chi connectivity index (χ0v) is 16.0. The van der Waals surface area contributed by atoms with Gasteiger partial charge in [0.1, 0.15) is 12.3 Å². The maximum absolute atomic E-state index is 12.9. The van der Waals surface area contributed by atoms with Crippen LogP contribution in [0.5, 0.6) is 5.75 Å². The fraction of sp³-hybridized carbons (Fsp3) is 0.200. The van der Waals surface area contributed by atoms with Crippen LogP contribution in [0.2, 0.25) is 0 Å². The molecule has 0 aliphatic carbocycles. The quantitative estimate of drug-likeness (QED) is 0.715. The second kappa shape index (κ2) is 7.27. The van der Waals surface area contributed by atoms with Crippen molar-refractivity contribution in [2.45, 2.75) is 20.0 Å². The van der Waals surface area contributed by atoms with Gasteiger partial charge >= 0.3 is 11.7 Å². The largest absolute Gasteiger partial charge is 0.495 e. The molecule has 1 aliphatic heterocycles. The van der Waals surface area contributed by atoms with Gasteiger partial charge in [-0.05, 0) is 31.2 Å². The van der Waals surface area contributed by atoms with Crippen LogP contribution < -0.4 is 20.6 Å². The average Bonchev–Trinajstić information content (AvgIpc) is 3.18. The fourth-order valence-corrected chi connectivity index (χ4v) is 3.22. The predicted molar refractivity (Wildman–Crippen MR) is 106 cm³/mol. The Labute approximate surface area is 166 Å². The first-order valence-corrected chi connectivity index (χ1v) is 8.98. The van der Waals surface area contributed by atoms with Crippen molar-refractivity contribution < 1.29 is 14.3 Å². The number of carbonyl (C=O) groups is 2. The van der Waals surface area contributed by atoms with Crippen LogP contribution in [0.25, 0.3) is 0 Å². The summed E-state index contributed by atoms with van der Waals surface area (Å²) in [4.78, 5) is 43.1. The Morgan fingerprint density at radius 2 is 1.86 bits per heavy atom. The minimum absolute atomic E-state index is 0.165. The van der Waals surface area contributed by atoms with Crippen LogP contribution in [-0.4, -0.2) is 33.4 Å². The lowest BCUT2D eigenvalue weighted by atomic mass is 10.2. The van der Waals surface area contributed by atoms with Gasteiger partial charge in [-0.15, -0.1) is 0 Å². The first-order valence-electron chi connectivity index (χ1n) is 8.98. The van der Waals surface area contributed by atoms with Crippen molar-refractivity contribution in [2.75, 3.05) is 17.3 Å². The summed E-state index contributed by atoms with van der Waals surface area (Å²) in [7, 11) is 1.50. The van der Waals surface area contributed by atoms with Crippen molar-refractivity contribution in [3.63, 3.8) is 0 Å². The summed E-state index contributed by atoms with van der Waals surface area (Å²) in [5.41, 5.74) is 1.60. The highest BCUT2D eigenvalue weighted by molar-refractivity contribution is 5.96. The van der Waals surface area contributed by atoms with Crippen LogP contribution in [0.1, 0.15) is 11.4 Å². The maximum atomic E-state index is 12.9. The van der Waals surface area contributed by atoms with Gasteiger partial charge < -0.3 is 10.1 Å². The number of ether oxygens (including phenoxy) is 1. The van der Waals surface area contributed by atoms with Crippen molar-refractivity contribution in [1.82, 2.24) is 14.3 Å². The number of nitrogens with one attached hydrogen (secondary N) is 1. The summed E-state index contributed by atoms with van der Waals surface area (Å²) < 4.78 is 7.40. The van der Waals surface area contributed by atoms with Gasteiger partial charge in [0.05, 0.1) is 19.3 Å². The van der Waals surface area contributed by atoms with E-state index in [1.807, 2.05) is 31.2 Å². The average molecular weight is 393 g/mol. The van der Waals surface area contributed by atoms with E-state index in [0.29, 0.717) is 22.9 Å². The number of anilines is 2. The van der Waals surface area contributed by atoms with Gasteiger partial charge in [-0.2, -0.15) is 9.67 Å². The van der Waals surface area contributed by atoms with E-state index in [9.17, 15) is 14.4 Å². The van der Waals surface area contributed by atoms with Gasteiger partial charge in [-0.25, -0.2) is 14.3 Å². The molecule has 4 rings (SSSR count). The highest BCUT2D eigenvalue weighted by Crippen LogP contribution is 2.24. The minimum Gasteiger partial charge on any atom is -0.495 e. The number of para-hydroxylation sites is 2. The number of fused-ring (bicyclic) bond motifs is 1. The smallest absolute Gasteiger partial charge is 0.365 e. The van der Waals surface area contributed by atoms with Gasteiger partial charge in [0.2, 0.25) is 5.91 Å². The van der Waals surface area contributed by atoms with E-state index in [1.54, 1.807) is 24.3 Å². The molecule has 2 aromatic carbocycles. The number of aromatic nitrogens is 3. The van der Waals surface area contributed by atoms with Gasteiger partial charge in [0.25, 0.3) is 0 Å². The normalized spacial score (nSPS) is 12.8. The van der Waals surface area contributed by atoms with Crippen LogP contribution in [-0.2, 0) is 17.9 Å². The second-order valence-corrected chi connectivity index (χ2v) is 6.63. The van der Waals surface area contributed by atoms with Crippen LogP contribution in [0, 0.1) is 6.92 Å². The van der Waals surface area contributed by atoms with Gasteiger partial charge in [0, 0.05) is 5.69 Å². The Hall–Kier alpha value is -3.88. The molecule has 148 valence electrons. The fourth-order valence-electron chi connectivity index (χ4n) is 3.22. The summed E-state index contributed by atoms with van der Waals surface area (Å²) in [6, 6.07) is 14.0. The van der Waals surface area contributed by atoms with Crippen LogP contribution in [0.3, 0.4) is 0 Å². The van der Waals surface area contributed by atoms with E-state index in [0.717, 1.165) is 14.9 Å². The number of methoxy groups -OCH3 is 1. The molecule has 9 nitrogen and oxygen atoms in total. The Kier molecular flexibility index (Phi) is 4.63. The number of rotatable bonds is 5. The molecule has 0 radical (unpaired) electrons. The molecular formula is C20H19N5O4. The molecule has 0 saturated carbocycles. The van der Waals surface area contributed by atoms with E-state index in [-0.39, 0.29) is 13.1 Å². The van der Waals surface area contributed by atoms with Gasteiger partial charge in [-0.3, -0.25) is 9.69 Å². The third-order valence-corrected chi connectivity index (χ3v) is 4.66. The number of amides is 2. The molecule has 1 N–H and O–H groups in total. The zero-order chi connectivity index (χ0) is 20.5. The molecule has 0 fully saturated rings. The van der Waals surface area contributed by atoms with Crippen LogP contribution >= 0.6 is 0 Å². The monoisotopic (exact) mass is 393 g/mol. The second-order valence-electron chi connectivity index (χ2n) is 6.63. The number of nitrogens with zero attached hydrogens (tertiary/aromatic N) is 4. The van der Waals surface area contributed by atoms with Crippen molar-refractivity contribution in [3.05, 3.63) is 70.4 Å². The Bertz CT molecular complexity index is 1150. The first kappa shape index (κ1) is 18.5. The predicted octanol–water partition coefficient (Wildman–Crippen LogP) is 1.99. The Balaban J connectivity index is 1.57. The van der Waals surface area contributed by atoms with Crippen molar-refractivity contribution in [2.24, 2.45) is 0 Å². The molecule has 0 spiro atoms. The Morgan fingerprint density at radius 3 is 2.59 bits per heavy atom. The lowest BCUT2D eigenvalue weighted by molar-refractivity contribution is -0.117. The topological polar surface area (TPSA) is 98.5 Å². The molecule has 1 aromatic heterocycles. The molecule has 1 aliphatic rings. The first-order chi connectivity index (χ1) is 14.0. The zero-order valence-electron chi connectivity index (χ0n) is 16.0. The molecule has 0 unspecified atom stereocenters. The van der Waals surface area contributed by atoms with Crippen LogP contribution in [0.15, 0.2) is 53.3 Å². The van der Waals surface area contributed by atoms with Crippen LogP contribution in [0.4, 0.5) is 16.2 Å². The summed E-state index contributed by atoms with van der Waals surface area (Å²) >= 11 is 0. The molecule has 0 saturated heterocycles. The third-order valence-electron chi connectivity index (χ3n) is 4.66. The van der Waals surface area contributed by atoms with Gasteiger partial charge in [-0.1, -0.05) is 29.8 Å². The molecule has 9 heteroatoms. The van der Waals surface area contributed by atoms with E-state index in [1.165, 1.54) is 12.0 Å². The van der Waals surface area contributed by atoms with E-state index >= 15 is 0 Å². The molecule has 0 atom stereocenters. The standard InChI is InChI=1S/C20H19N5O4/c1-13-7-9-14(10-8-13)23-11-17-22-19(27)24(25(17)20(23)28)12-18(26)21-15-5-3-4-6-16(15)29-2/h3-10H,11-12H2,1-2H3,(H,21,26). The Morgan fingerprint density at radius 1 is 1.14 bits per heavy atom. The summed E-state index contributed by atoms with van der Waals surface area (Å²) in [5.74, 6) is 0.319. The molecule has 0 bridgehead atoms. The minimum atomic E-state index is -0.646. The van der Waals surface area contributed by atoms with Crippen molar-refractivity contribution in [1.29, 1.82) is 0 Å². The number of hydrogen-bond acceptors (Lipinski definition) is 5. The molecule has 2 amide bonds. The van der Waals surface area contributed by atoms with E-state index in [4.69, 9.17) is 4.74 Å². The van der Waals surface area contributed by atoms with E-state index in [2.05, 4.69) is 10.3 Å². The number of hydrogen-bond donors (Lipinski definition) is 1. The summed E-state index contributed by atoms with van der Waals surface area (Å²) in [6.45, 7) is 1.77. The number of aryl methyl sites for hydroxylation is 1. The molecule has 2 heterocycles. The van der Waals surface area contributed by atoms with Crippen molar-refractivity contribution >= 4 is 23.3 Å². The summed E-state index contributed by atoms with van der Waals surface area (Å²) in [6.07, 6.45) is 0. The SMILES string of the molecule is COc1ccccc1NC(=O)Cn1c(=O)nc2n1C(=O)N(c1ccc(C)cc1)C2. The highest BCUT2D eigenvalue weighted by Gasteiger charge is 2.33. The summed E-state index contributed by atoms with van der Waals surface area (Å²) in [5, 5.41) is 2.69. The van der Waals surface area contributed by atoms with Crippen molar-refractivity contribution in [3.8, 4) is 5.75 Å². The lowest BCUT2D eigenvalue weighted by Gasteiger charge is -2.16. The molecular weight excluding hydrogens is 374 g/mol. The van der Waals surface area contributed by atoms with E-state index < -0.39 is 17.6 Å². The molecule has 29 heavy (non-hydrogen) atoms. The highest BCUT2D eigenvalue weighted by atomic mass is 16.5. The third kappa shape index (κ3) is 3.38. The maximum Gasteiger partial charge on any atom is 0.365 e. The number of carbonyl (C=O) groups excluding carboxylic acids is 2. The van der Waals surface area contributed by atoms with Gasteiger partial charge in [0.15, 0.2) is 5.82 Å². The molecule has 3 aromatic rings. The number of benzene rings is 2. The lowest BCUT2D eigenvalue weighted by Crippen LogP contribution is -2.36.